The SMILES string of the molecule is CCOc1ccc(-n2c(SC(C)C(=O)N(C)C)nc3ccccc32)cc1. The highest BCUT2D eigenvalue weighted by molar-refractivity contribution is 8.00. The minimum Gasteiger partial charge on any atom is -0.494 e. The summed E-state index contributed by atoms with van der Waals surface area (Å²) in [6.07, 6.45) is 0. The van der Waals surface area contributed by atoms with E-state index in [9.17, 15) is 4.79 Å². The van der Waals surface area contributed by atoms with Gasteiger partial charge in [-0.3, -0.25) is 9.36 Å². The molecule has 1 aromatic heterocycles. The molecule has 3 rings (SSSR count). The molecule has 0 bridgehead atoms. The molecular weight excluding hydrogens is 346 g/mol. The maximum Gasteiger partial charge on any atom is 0.235 e. The number of nitrogens with zero attached hydrogens (tertiary/aromatic N) is 3. The lowest BCUT2D eigenvalue weighted by molar-refractivity contribution is -0.127. The number of benzene rings is 2. The Bertz CT molecular complexity index is 903. The Balaban J connectivity index is 2.03. The summed E-state index contributed by atoms with van der Waals surface area (Å²) in [4.78, 5) is 18.6. The summed E-state index contributed by atoms with van der Waals surface area (Å²) in [6, 6.07) is 15.9. The number of aromatic nitrogens is 2. The van der Waals surface area contributed by atoms with Crippen LogP contribution in [0.25, 0.3) is 16.7 Å². The van der Waals surface area contributed by atoms with Crippen molar-refractivity contribution in [2.75, 3.05) is 20.7 Å². The van der Waals surface area contributed by atoms with Gasteiger partial charge in [-0.25, -0.2) is 4.98 Å². The summed E-state index contributed by atoms with van der Waals surface area (Å²) >= 11 is 1.47. The highest BCUT2D eigenvalue weighted by atomic mass is 32.2. The molecule has 26 heavy (non-hydrogen) atoms. The molecular formula is C20H23N3O2S. The molecule has 0 aliphatic carbocycles. The fourth-order valence-electron chi connectivity index (χ4n) is 2.76. The van der Waals surface area contributed by atoms with E-state index < -0.39 is 0 Å². The molecule has 1 atom stereocenters. The van der Waals surface area contributed by atoms with Crippen LogP contribution in [0.15, 0.2) is 53.7 Å². The van der Waals surface area contributed by atoms with Crippen LogP contribution >= 0.6 is 11.8 Å². The number of amides is 1. The van der Waals surface area contributed by atoms with Crippen molar-refractivity contribution in [3.05, 3.63) is 48.5 Å². The molecule has 0 spiro atoms. The molecule has 3 aromatic rings. The van der Waals surface area contributed by atoms with E-state index in [0.29, 0.717) is 6.61 Å². The summed E-state index contributed by atoms with van der Waals surface area (Å²) < 4.78 is 7.63. The maximum absolute atomic E-state index is 12.3. The van der Waals surface area contributed by atoms with Gasteiger partial charge in [-0.2, -0.15) is 0 Å². The molecule has 1 amide bonds. The van der Waals surface area contributed by atoms with E-state index in [4.69, 9.17) is 9.72 Å². The summed E-state index contributed by atoms with van der Waals surface area (Å²) in [5, 5.41) is 0.585. The third-order valence-corrected chi connectivity index (χ3v) is 5.05. The van der Waals surface area contributed by atoms with Gasteiger partial charge in [0.25, 0.3) is 0 Å². The van der Waals surface area contributed by atoms with Crippen LogP contribution in [0, 0.1) is 0 Å². The molecule has 0 aliphatic heterocycles. The highest BCUT2D eigenvalue weighted by Gasteiger charge is 2.21. The van der Waals surface area contributed by atoms with Crippen LogP contribution in [0.1, 0.15) is 13.8 Å². The zero-order valence-electron chi connectivity index (χ0n) is 15.5. The molecule has 0 fully saturated rings. The van der Waals surface area contributed by atoms with Gasteiger partial charge in [0, 0.05) is 19.8 Å². The molecule has 0 saturated heterocycles. The van der Waals surface area contributed by atoms with Gasteiger partial charge < -0.3 is 9.64 Å². The van der Waals surface area contributed by atoms with Crippen molar-refractivity contribution in [2.45, 2.75) is 24.3 Å². The second-order valence-electron chi connectivity index (χ2n) is 6.14. The lowest BCUT2D eigenvalue weighted by Crippen LogP contribution is -2.29. The Morgan fingerprint density at radius 3 is 2.54 bits per heavy atom. The van der Waals surface area contributed by atoms with E-state index in [2.05, 4.69) is 4.57 Å². The van der Waals surface area contributed by atoms with Crippen molar-refractivity contribution in [3.8, 4) is 11.4 Å². The first-order valence-corrected chi connectivity index (χ1v) is 9.47. The molecule has 1 heterocycles. The highest BCUT2D eigenvalue weighted by Crippen LogP contribution is 2.31. The number of para-hydroxylation sites is 2. The number of thioether (sulfide) groups is 1. The predicted molar refractivity (Wildman–Crippen MR) is 106 cm³/mol. The molecule has 0 saturated carbocycles. The summed E-state index contributed by atoms with van der Waals surface area (Å²) in [5.74, 6) is 0.909. The van der Waals surface area contributed by atoms with Crippen LogP contribution < -0.4 is 4.74 Å². The Morgan fingerprint density at radius 1 is 1.19 bits per heavy atom. The third kappa shape index (κ3) is 3.70. The van der Waals surface area contributed by atoms with Gasteiger partial charge in [-0.05, 0) is 50.2 Å². The molecule has 0 radical (unpaired) electrons. The molecule has 0 N–H and O–H groups in total. The van der Waals surface area contributed by atoms with E-state index >= 15 is 0 Å². The molecule has 1 unspecified atom stereocenters. The standard InChI is InChI=1S/C20H23N3O2S/c1-5-25-16-12-10-15(11-13-16)23-18-9-7-6-8-17(18)21-20(23)26-14(2)19(24)22(3)4/h6-14H,5H2,1-4H3. The zero-order valence-corrected chi connectivity index (χ0v) is 16.3. The monoisotopic (exact) mass is 369 g/mol. The van der Waals surface area contributed by atoms with E-state index in [1.54, 1.807) is 19.0 Å². The normalized spacial score (nSPS) is 12.2. The van der Waals surface area contributed by atoms with Gasteiger partial charge in [0.1, 0.15) is 5.75 Å². The van der Waals surface area contributed by atoms with E-state index in [-0.39, 0.29) is 11.2 Å². The molecule has 0 aliphatic rings. The van der Waals surface area contributed by atoms with Gasteiger partial charge >= 0.3 is 0 Å². The van der Waals surface area contributed by atoms with Crippen molar-refractivity contribution in [2.24, 2.45) is 0 Å². The first kappa shape index (κ1) is 18.3. The quantitative estimate of drug-likeness (QED) is 0.616. The minimum atomic E-state index is -0.219. The van der Waals surface area contributed by atoms with Crippen molar-refractivity contribution in [1.82, 2.24) is 14.5 Å². The Hall–Kier alpha value is -2.47. The molecule has 136 valence electrons. The number of rotatable bonds is 6. The fraction of sp³-hybridized carbons (Fsp3) is 0.300. The van der Waals surface area contributed by atoms with Crippen LogP contribution in [0.2, 0.25) is 0 Å². The van der Waals surface area contributed by atoms with E-state index in [1.807, 2.05) is 62.4 Å². The van der Waals surface area contributed by atoms with E-state index in [1.165, 1.54) is 11.8 Å². The van der Waals surface area contributed by atoms with Crippen molar-refractivity contribution < 1.29 is 9.53 Å². The number of fused-ring (bicyclic) bond motifs is 1. The Labute approximate surface area is 158 Å². The number of hydrogen-bond donors (Lipinski definition) is 0. The second kappa shape index (κ2) is 7.83. The number of ether oxygens (including phenoxy) is 1. The van der Waals surface area contributed by atoms with Gasteiger partial charge in [-0.15, -0.1) is 0 Å². The number of imidazole rings is 1. The fourth-order valence-corrected chi connectivity index (χ4v) is 3.85. The largest absolute Gasteiger partial charge is 0.494 e. The second-order valence-corrected chi connectivity index (χ2v) is 7.45. The van der Waals surface area contributed by atoms with E-state index in [0.717, 1.165) is 27.6 Å². The maximum atomic E-state index is 12.3. The molecule has 6 heteroatoms. The lowest BCUT2D eigenvalue weighted by atomic mass is 10.2. The van der Waals surface area contributed by atoms with Crippen LogP contribution in [0.5, 0.6) is 5.75 Å². The number of hydrogen-bond acceptors (Lipinski definition) is 4. The predicted octanol–water partition coefficient (Wildman–Crippen LogP) is 3.99. The van der Waals surface area contributed by atoms with Gasteiger partial charge in [0.2, 0.25) is 5.91 Å². The minimum absolute atomic E-state index is 0.0697. The average molecular weight is 369 g/mol. The lowest BCUT2D eigenvalue weighted by Gasteiger charge is -2.17. The van der Waals surface area contributed by atoms with Gasteiger partial charge in [0.15, 0.2) is 5.16 Å². The summed E-state index contributed by atoms with van der Waals surface area (Å²) in [7, 11) is 3.55. The smallest absolute Gasteiger partial charge is 0.235 e. The zero-order chi connectivity index (χ0) is 18.7. The van der Waals surface area contributed by atoms with Gasteiger partial charge in [-0.1, -0.05) is 23.9 Å². The first-order chi connectivity index (χ1) is 12.5. The van der Waals surface area contributed by atoms with Crippen molar-refractivity contribution >= 4 is 28.7 Å². The number of carbonyl (C=O) groups is 1. The van der Waals surface area contributed by atoms with Crippen molar-refractivity contribution in [3.63, 3.8) is 0 Å². The first-order valence-electron chi connectivity index (χ1n) is 8.59. The molecule has 2 aromatic carbocycles. The van der Waals surface area contributed by atoms with Gasteiger partial charge in [0.05, 0.1) is 22.9 Å². The summed E-state index contributed by atoms with van der Waals surface area (Å²) in [5.41, 5.74) is 2.92. The van der Waals surface area contributed by atoms with Crippen LogP contribution in [0.4, 0.5) is 0 Å². The average Bonchev–Trinajstić information content (AvgIpc) is 2.99. The Kier molecular flexibility index (Phi) is 5.52. The van der Waals surface area contributed by atoms with Crippen molar-refractivity contribution in [1.29, 1.82) is 0 Å². The molecule has 5 nitrogen and oxygen atoms in total. The van der Waals surface area contributed by atoms with Crippen LogP contribution in [0.3, 0.4) is 0 Å². The number of carbonyl (C=O) groups excluding carboxylic acids is 1. The van der Waals surface area contributed by atoms with Crippen LogP contribution in [-0.4, -0.2) is 46.3 Å². The third-order valence-electron chi connectivity index (χ3n) is 4.01. The van der Waals surface area contributed by atoms with Crippen LogP contribution in [-0.2, 0) is 4.79 Å². The summed E-state index contributed by atoms with van der Waals surface area (Å²) in [6.45, 7) is 4.52. The topological polar surface area (TPSA) is 47.4 Å². The Morgan fingerprint density at radius 2 is 1.88 bits per heavy atom.